The summed E-state index contributed by atoms with van der Waals surface area (Å²) in [4.78, 5) is 27.8. The number of hydrogen-bond donors (Lipinski definition) is 1. The van der Waals surface area contributed by atoms with Gasteiger partial charge in [-0.3, -0.25) is 4.79 Å². The van der Waals surface area contributed by atoms with Crippen LogP contribution in [0.4, 0.5) is 0 Å². The first kappa shape index (κ1) is 18.1. The van der Waals surface area contributed by atoms with Crippen molar-refractivity contribution in [1.82, 2.24) is 10.3 Å². The number of thiazole rings is 1. The van der Waals surface area contributed by atoms with Crippen LogP contribution in [-0.2, 0) is 9.53 Å². The summed E-state index contributed by atoms with van der Waals surface area (Å²) in [6, 6.07) is 7.93. The van der Waals surface area contributed by atoms with Crippen LogP contribution in [0.2, 0.25) is 0 Å². The van der Waals surface area contributed by atoms with E-state index in [0.29, 0.717) is 6.54 Å². The van der Waals surface area contributed by atoms with Crippen LogP contribution in [0.15, 0.2) is 29.6 Å². The third-order valence-electron chi connectivity index (χ3n) is 3.45. The summed E-state index contributed by atoms with van der Waals surface area (Å²) in [5.41, 5.74) is 2.35. The predicted octanol–water partition coefficient (Wildman–Crippen LogP) is 3.58. The highest BCUT2D eigenvalue weighted by Gasteiger charge is 2.14. The van der Waals surface area contributed by atoms with Crippen LogP contribution >= 0.6 is 11.3 Å². The van der Waals surface area contributed by atoms with Gasteiger partial charge in [-0.15, -0.1) is 11.3 Å². The number of benzene rings is 1. The van der Waals surface area contributed by atoms with E-state index in [1.54, 1.807) is 5.38 Å². The largest absolute Gasteiger partial charge is 0.451 e. The molecule has 24 heavy (non-hydrogen) atoms. The topological polar surface area (TPSA) is 68.3 Å². The molecule has 0 saturated carbocycles. The average Bonchev–Trinajstić information content (AvgIpc) is 3.07. The predicted molar refractivity (Wildman–Crippen MR) is 95.1 cm³/mol. The Bertz CT molecular complexity index is 680. The molecule has 2 aromatic rings. The van der Waals surface area contributed by atoms with Crippen molar-refractivity contribution in [2.24, 2.45) is 0 Å². The standard InChI is InChI=1S/C18H22N2O3S/c1-3-4-5-10-19-16(21)11-23-18(22)15-12-24-17(20-15)14-8-6-13(2)7-9-14/h6-9,12H,3-5,10-11H2,1-2H3,(H,19,21). The average molecular weight is 346 g/mol. The van der Waals surface area contributed by atoms with E-state index in [4.69, 9.17) is 4.74 Å². The van der Waals surface area contributed by atoms with Gasteiger partial charge in [-0.25, -0.2) is 9.78 Å². The molecule has 0 fully saturated rings. The number of carbonyl (C=O) groups excluding carboxylic acids is 2. The van der Waals surface area contributed by atoms with E-state index in [0.717, 1.165) is 29.8 Å². The molecule has 0 saturated heterocycles. The molecule has 0 unspecified atom stereocenters. The molecule has 0 bridgehead atoms. The highest BCUT2D eigenvalue weighted by molar-refractivity contribution is 7.13. The minimum atomic E-state index is -0.576. The van der Waals surface area contributed by atoms with Gasteiger partial charge in [-0.05, 0) is 13.3 Å². The summed E-state index contributed by atoms with van der Waals surface area (Å²) in [7, 11) is 0. The molecule has 5 nitrogen and oxygen atoms in total. The first-order chi connectivity index (χ1) is 11.6. The fraction of sp³-hybridized carbons (Fsp3) is 0.389. The van der Waals surface area contributed by atoms with Crippen LogP contribution < -0.4 is 5.32 Å². The number of unbranched alkanes of at least 4 members (excludes halogenated alkanes) is 2. The van der Waals surface area contributed by atoms with Gasteiger partial charge in [0.25, 0.3) is 5.91 Å². The van der Waals surface area contributed by atoms with Crippen molar-refractivity contribution in [2.45, 2.75) is 33.1 Å². The number of aromatic nitrogens is 1. The molecule has 2 rings (SSSR count). The molecule has 1 N–H and O–H groups in total. The van der Waals surface area contributed by atoms with Crippen molar-refractivity contribution < 1.29 is 14.3 Å². The second-order valence-electron chi connectivity index (χ2n) is 5.54. The smallest absolute Gasteiger partial charge is 0.358 e. The van der Waals surface area contributed by atoms with Crippen molar-refractivity contribution >= 4 is 23.2 Å². The molecule has 128 valence electrons. The van der Waals surface area contributed by atoms with Crippen molar-refractivity contribution in [3.63, 3.8) is 0 Å². The Kier molecular flexibility index (Phi) is 6.93. The van der Waals surface area contributed by atoms with Gasteiger partial charge in [0.2, 0.25) is 0 Å². The first-order valence-electron chi connectivity index (χ1n) is 8.06. The van der Waals surface area contributed by atoms with E-state index >= 15 is 0 Å². The summed E-state index contributed by atoms with van der Waals surface area (Å²) in [6.45, 7) is 4.45. The first-order valence-corrected chi connectivity index (χ1v) is 8.94. The van der Waals surface area contributed by atoms with E-state index in [1.807, 2.05) is 31.2 Å². The molecule has 1 heterocycles. The van der Waals surface area contributed by atoms with Crippen LogP contribution in [0.25, 0.3) is 10.6 Å². The van der Waals surface area contributed by atoms with Crippen molar-refractivity contribution in [3.05, 3.63) is 40.9 Å². The van der Waals surface area contributed by atoms with Gasteiger partial charge < -0.3 is 10.1 Å². The van der Waals surface area contributed by atoms with E-state index in [1.165, 1.54) is 16.9 Å². The van der Waals surface area contributed by atoms with Gasteiger partial charge in [0.05, 0.1) is 0 Å². The molecule has 0 radical (unpaired) electrons. The molecule has 1 amide bonds. The summed E-state index contributed by atoms with van der Waals surface area (Å²) in [5, 5.41) is 5.13. The van der Waals surface area contributed by atoms with Crippen LogP contribution in [0, 0.1) is 6.92 Å². The van der Waals surface area contributed by atoms with Crippen LogP contribution in [0.3, 0.4) is 0 Å². The zero-order valence-corrected chi connectivity index (χ0v) is 14.8. The SMILES string of the molecule is CCCCCNC(=O)COC(=O)c1csc(-c2ccc(C)cc2)n1. The normalized spacial score (nSPS) is 10.4. The number of rotatable bonds is 8. The molecule has 0 atom stereocenters. The third-order valence-corrected chi connectivity index (χ3v) is 4.34. The maximum absolute atomic E-state index is 12.0. The zero-order chi connectivity index (χ0) is 17.4. The second-order valence-corrected chi connectivity index (χ2v) is 6.40. The number of carbonyl (C=O) groups is 2. The Labute approximate surface area is 146 Å². The monoisotopic (exact) mass is 346 g/mol. The molecular formula is C18H22N2O3S. The molecule has 0 aliphatic heterocycles. The van der Waals surface area contributed by atoms with Crippen molar-refractivity contribution in [3.8, 4) is 10.6 Å². The van der Waals surface area contributed by atoms with Crippen LogP contribution in [0.1, 0.15) is 42.2 Å². The molecule has 6 heteroatoms. The molecule has 1 aromatic heterocycles. The van der Waals surface area contributed by atoms with Crippen LogP contribution in [0.5, 0.6) is 0 Å². The number of nitrogens with zero attached hydrogens (tertiary/aromatic N) is 1. The van der Waals surface area contributed by atoms with E-state index < -0.39 is 5.97 Å². The van der Waals surface area contributed by atoms with Gasteiger partial charge in [0.15, 0.2) is 12.3 Å². The Balaban J connectivity index is 1.83. The fourth-order valence-electron chi connectivity index (χ4n) is 2.06. The maximum Gasteiger partial charge on any atom is 0.358 e. The molecule has 0 spiro atoms. The van der Waals surface area contributed by atoms with E-state index in [2.05, 4.69) is 17.2 Å². The van der Waals surface area contributed by atoms with Gasteiger partial charge >= 0.3 is 5.97 Å². The highest BCUT2D eigenvalue weighted by atomic mass is 32.1. The van der Waals surface area contributed by atoms with Gasteiger partial charge in [-0.2, -0.15) is 0 Å². The maximum atomic E-state index is 12.0. The molecule has 0 aliphatic rings. The van der Waals surface area contributed by atoms with E-state index in [-0.39, 0.29) is 18.2 Å². The summed E-state index contributed by atoms with van der Waals surface area (Å²) >= 11 is 1.38. The van der Waals surface area contributed by atoms with Crippen molar-refractivity contribution in [2.75, 3.05) is 13.2 Å². The highest BCUT2D eigenvalue weighted by Crippen LogP contribution is 2.24. The van der Waals surface area contributed by atoms with Crippen LogP contribution in [-0.4, -0.2) is 30.0 Å². The van der Waals surface area contributed by atoms with E-state index in [9.17, 15) is 9.59 Å². The van der Waals surface area contributed by atoms with Crippen molar-refractivity contribution in [1.29, 1.82) is 0 Å². The number of nitrogens with one attached hydrogen (secondary N) is 1. The number of amides is 1. The summed E-state index contributed by atoms with van der Waals surface area (Å²) in [6.07, 6.45) is 3.10. The number of aryl methyl sites for hydroxylation is 1. The summed E-state index contributed by atoms with van der Waals surface area (Å²) in [5.74, 6) is -0.859. The molecular weight excluding hydrogens is 324 g/mol. The lowest BCUT2D eigenvalue weighted by molar-refractivity contribution is -0.124. The lowest BCUT2D eigenvalue weighted by Crippen LogP contribution is -2.29. The molecule has 0 aliphatic carbocycles. The quantitative estimate of drug-likeness (QED) is 0.586. The molecule has 1 aromatic carbocycles. The Morgan fingerprint density at radius 1 is 1.21 bits per heavy atom. The minimum absolute atomic E-state index is 0.231. The zero-order valence-electron chi connectivity index (χ0n) is 14.0. The number of esters is 1. The Morgan fingerprint density at radius 3 is 2.67 bits per heavy atom. The Hall–Kier alpha value is -2.21. The number of ether oxygens (including phenoxy) is 1. The van der Waals surface area contributed by atoms with Gasteiger partial charge in [0.1, 0.15) is 5.01 Å². The second kappa shape index (κ2) is 9.17. The van der Waals surface area contributed by atoms with Gasteiger partial charge in [-0.1, -0.05) is 49.6 Å². The number of hydrogen-bond acceptors (Lipinski definition) is 5. The lowest BCUT2D eigenvalue weighted by atomic mass is 10.2. The summed E-state index contributed by atoms with van der Waals surface area (Å²) < 4.78 is 5.01. The lowest BCUT2D eigenvalue weighted by Gasteiger charge is -2.05. The fourth-order valence-corrected chi connectivity index (χ4v) is 2.85. The third kappa shape index (κ3) is 5.45. The minimum Gasteiger partial charge on any atom is -0.451 e. The van der Waals surface area contributed by atoms with Gasteiger partial charge in [0, 0.05) is 17.5 Å². The Morgan fingerprint density at radius 2 is 1.96 bits per heavy atom.